The van der Waals surface area contributed by atoms with Crippen molar-refractivity contribution in [1.82, 2.24) is 0 Å². The van der Waals surface area contributed by atoms with Gasteiger partial charge >= 0.3 is 0 Å². The van der Waals surface area contributed by atoms with Crippen LogP contribution < -0.4 is 0 Å². The molecule has 0 spiro atoms. The smallest absolute Gasteiger partial charge is 0.0855 e. The van der Waals surface area contributed by atoms with Crippen molar-refractivity contribution in [3.63, 3.8) is 0 Å². The minimum absolute atomic E-state index is 0.192. The van der Waals surface area contributed by atoms with Crippen LogP contribution in [0.4, 0.5) is 0 Å². The lowest BCUT2D eigenvalue weighted by Gasteiger charge is -2.61. The first-order valence-electron chi connectivity index (χ1n) is 9.49. The molecule has 4 aliphatic carbocycles. The van der Waals surface area contributed by atoms with Gasteiger partial charge in [0.05, 0.1) is 24.4 Å². The highest BCUT2D eigenvalue weighted by atomic mass is 16.3. The van der Waals surface area contributed by atoms with Gasteiger partial charge in [0, 0.05) is 0 Å². The second-order valence-electron chi connectivity index (χ2n) is 9.52. The van der Waals surface area contributed by atoms with E-state index < -0.39 is 12.2 Å². The van der Waals surface area contributed by atoms with Crippen LogP contribution in [0.3, 0.4) is 0 Å². The van der Waals surface area contributed by atoms with E-state index in [0.29, 0.717) is 18.3 Å². The van der Waals surface area contributed by atoms with Crippen molar-refractivity contribution in [2.24, 2.45) is 34.5 Å². The summed E-state index contributed by atoms with van der Waals surface area (Å²) < 4.78 is 0. The quantitative estimate of drug-likeness (QED) is 0.547. The molecule has 4 fully saturated rings. The Labute approximate surface area is 138 Å². The molecule has 0 aromatic heterocycles. The topological polar surface area (TPSA) is 80.9 Å². The molecule has 0 saturated heterocycles. The van der Waals surface area contributed by atoms with E-state index in [4.69, 9.17) is 0 Å². The van der Waals surface area contributed by atoms with Gasteiger partial charge in [-0.3, -0.25) is 0 Å². The highest BCUT2D eigenvalue weighted by Gasteiger charge is 2.64. The summed E-state index contributed by atoms with van der Waals surface area (Å²) in [7, 11) is 0. The SMILES string of the molecule is C[C@]12CCC3C(C1C[C@@H](O)[C@H]2O)[C@@H](O)C[C@@H]1C[C@H](O)CC[C@]31C. The van der Waals surface area contributed by atoms with Crippen LogP contribution in [0.2, 0.25) is 0 Å². The molecule has 23 heavy (non-hydrogen) atoms. The first-order valence-corrected chi connectivity index (χ1v) is 9.49. The summed E-state index contributed by atoms with van der Waals surface area (Å²) in [6.07, 6.45) is 4.24. The van der Waals surface area contributed by atoms with Crippen LogP contribution >= 0.6 is 0 Å². The number of hydrogen-bond donors (Lipinski definition) is 4. The molecule has 0 bridgehead atoms. The van der Waals surface area contributed by atoms with Crippen LogP contribution in [0.5, 0.6) is 0 Å². The molecule has 0 heterocycles. The van der Waals surface area contributed by atoms with Gasteiger partial charge in [-0.25, -0.2) is 0 Å². The summed E-state index contributed by atoms with van der Waals surface area (Å²) in [4.78, 5) is 0. The third kappa shape index (κ3) is 2.11. The zero-order chi connectivity index (χ0) is 16.6. The molecule has 4 rings (SSSR count). The largest absolute Gasteiger partial charge is 0.393 e. The van der Waals surface area contributed by atoms with Gasteiger partial charge < -0.3 is 20.4 Å². The van der Waals surface area contributed by atoms with Crippen LogP contribution in [-0.2, 0) is 0 Å². The molecule has 3 unspecified atom stereocenters. The average molecular weight is 324 g/mol. The molecule has 132 valence electrons. The van der Waals surface area contributed by atoms with Gasteiger partial charge in [-0.1, -0.05) is 13.8 Å². The van der Waals surface area contributed by atoms with Crippen LogP contribution in [-0.4, -0.2) is 44.8 Å². The van der Waals surface area contributed by atoms with Crippen molar-refractivity contribution in [1.29, 1.82) is 0 Å². The number of fused-ring (bicyclic) bond motifs is 5. The third-order valence-corrected chi connectivity index (χ3v) is 8.63. The number of rotatable bonds is 0. The van der Waals surface area contributed by atoms with Crippen molar-refractivity contribution in [3.8, 4) is 0 Å². The van der Waals surface area contributed by atoms with Gasteiger partial charge in [-0.05, 0) is 79.4 Å². The molecular weight excluding hydrogens is 292 g/mol. The lowest BCUT2D eigenvalue weighted by Crippen LogP contribution is -2.58. The summed E-state index contributed by atoms with van der Waals surface area (Å²) in [5.74, 6) is 1.27. The summed E-state index contributed by atoms with van der Waals surface area (Å²) in [6, 6.07) is 0. The zero-order valence-corrected chi connectivity index (χ0v) is 14.4. The predicted molar refractivity (Wildman–Crippen MR) is 86.5 cm³/mol. The first-order chi connectivity index (χ1) is 10.8. The Bertz CT molecular complexity index is 482. The normalized spacial score (nSPS) is 62.3. The third-order valence-electron chi connectivity index (χ3n) is 8.63. The minimum atomic E-state index is -0.653. The van der Waals surface area contributed by atoms with E-state index in [2.05, 4.69) is 13.8 Å². The maximum atomic E-state index is 10.9. The highest BCUT2D eigenvalue weighted by molar-refractivity contribution is 5.13. The van der Waals surface area contributed by atoms with E-state index in [1.165, 1.54) is 0 Å². The molecule has 4 saturated carbocycles. The molecule has 0 aromatic rings. The summed E-state index contributed by atoms with van der Waals surface area (Å²) >= 11 is 0. The predicted octanol–water partition coefficient (Wildman–Crippen LogP) is 1.69. The van der Waals surface area contributed by atoms with Gasteiger partial charge in [0.2, 0.25) is 0 Å². The summed E-state index contributed by atoms with van der Waals surface area (Å²) in [5, 5.41) is 41.7. The second kappa shape index (κ2) is 5.17. The molecule has 0 aromatic carbocycles. The molecule has 4 heteroatoms. The van der Waals surface area contributed by atoms with E-state index in [9.17, 15) is 20.4 Å². The lowest BCUT2D eigenvalue weighted by molar-refractivity contribution is -0.177. The molecule has 0 radical (unpaired) electrons. The van der Waals surface area contributed by atoms with Crippen molar-refractivity contribution in [2.75, 3.05) is 0 Å². The fourth-order valence-electron chi connectivity index (χ4n) is 7.19. The molecule has 4 aliphatic rings. The fourth-order valence-corrected chi connectivity index (χ4v) is 7.19. The van der Waals surface area contributed by atoms with Gasteiger partial charge in [-0.2, -0.15) is 0 Å². The van der Waals surface area contributed by atoms with Gasteiger partial charge in [-0.15, -0.1) is 0 Å². The van der Waals surface area contributed by atoms with E-state index in [0.717, 1.165) is 38.5 Å². The second-order valence-corrected chi connectivity index (χ2v) is 9.52. The maximum Gasteiger partial charge on any atom is 0.0855 e. The van der Waals surface area contributed by atoms with Crippen LogP contribution in [0, 0.1) is 34.5 Å². The molecule has 0 aliphatic heterocycles. The first kappa shape index (κ1) is 16.3. The summed E-state index contributed by atoms with van der Waals surface area (Å²) in [6.45, 7) is 4.48. The standard InChI is InChI=1S/C19H32O4/c1-18-5-3-11(20)7-10(18)8-14(21)16-12(18)4-6-19(2)13(16)9-15(22)17(19)23/h10-17,20-23H,3-9H2,1-2H3/t10-,11+,12?,13?,14-,15+,16?,17+,18-,19-/m0/s1. The Kier molecular flexibility index (Phi) is 3.67. The zero-order valence-electron chi connectivity index (χ0n) is 14.4. The Morgan fingerprint density at radius 2 is 1.43 bits per heavy atom. The van der Waals surface area contributed by atoms with E-state index in [-0.39, 0.29) is 34.9 Å². The molecule has 4 N–H and O–H groups in total. The van der Waals surface area contributed by atoms with E-state index in [1.54, 1.807) is 0 Å². The van der Waals surface area contributed by atoms with Crippen molar-refractivity contribution < 1.29 is 20.4 Å². The average Bonchev–Trinajstić information content (AvgIpc) is 2.73. The maximum absolute atomic E-state index is 10.9. The van der Waals surface area contributed by atoms with E-state index >= 15 is 0 Å². The Morgan fingerprint density at radius 3 is 2.17 bits per heavy atom. The molecule has 0 amide bonds. The van der Waals surface area contributed by atoms with E-state index in [1.807, 2.05) is 0 Å². The molecule has 4 nitrogen and oxygen atoms in total. The fraction of sp³-hybridized carbons (Fsp3) is 1.00. The van der Waals surface area contributed by atoms with Crippen molar-refractivity contribution in [3.05, 3.63) is 0 Å². The van der Waals surface area contributed by atoms with Crippen molar-refractivity contribution in [2.45, 2.75) is 83.2 Å². The molecular formula is C19H32O4. The number of aliphatic hydroxyl groups is 4. The van der Waals surface area contributed by atoms with Crippen LogP contribution in [0.15, 0.2) is 0 Å². The number of hydrogen-bond acceptors (Lipinski definition) is 4. The highest BCUT2D eigenvalue weighted by Crippen LogP contribution is 2.66. The van der Waals surface area contributed by atoms with Crippen LogP contribution in [0.25, 0.3) is 0 Å². The summed E-state index contributed by atoms with van der Waals surface area (Å²) in [5.41, 5.74) is -0.0537. The lowest BCUT2D eigenvalue weighted by atomic mass is 9.44. The number of aliphatic hydroxyl groups excluding tert-OH is 4. The molecule has 10 atom stereocenters. The van der Waals surface area contributed by atoms with Gasteiger partial charge in [0.1, 0.15) is 0 Å². The van der Waals surface area contributed by atoms with Gasteiger partial charge in [0.25, 0.3) is 0 Å². The minimum Gasteiger partial charge on any atom is -0.393 e. The van der Waals surface area contributed by atoms with Crippen LogP contribution in [0.1, 0.15) is 58.8 Å². The Balaban J connectivity index is 1.68. The Hall–Kier alpha value is -0.160. The monoisotopic (exact) mass is 324 g/mol. The van der Waals surface area contributed by atoms with Crippen molar-refractivity contribution >= 4 is 0 Å². The van der Waals surface area contributed by atoms with Gasteiger partial charge in [0.15, 0.2) is 0 Å². The Morgan fingerprint density at radius 1 is 0.739 bits per heavy atom.